The number of likely N-dealkylation sites (N-methyl/N-ethyl adjacent to an activating group) is 1. The largest absolute Gasteiger partial charge is 0.378 e. The van der Waals surface area contributed by atoms with Crippen molar-refractivity contribution in [2.24, 2.45) is 46.3 Å². The van der Waals surface area contributed by atoms with Gasteiger partial charge in [0.25, 0.3) is 0 Å². The molecular weight excluding hydrogens is 590 g/mol. The Bertz CT molecular complexity index is 947. The summed E-state index contributed by atoms with van der Waals surface area (Å²) in [4.78, 5) is 2.19. The van der Waals surface area contributed by atoms with Crippen molar-refractivity contribution in [1.29, 1.82) is 0 Å². The second-order valence-corrected chi connectivity index (χ2v) is 18.3. The fourth-order valence-corrected chi connectivity index (χ4v) is 11.1. The number of unbranched alkanes of at least 4 members (excludes halogenated alkanes) is 6. The maximum absolute atomic E-state index is 6.56. The number of hydrogen-bond acceptors (Lipinski definition) is 4. The third-order valence-electron chi connectivity index (χ3n) is 14.4. The molecule has 0 aromatic carbocycles. The van der Waals surface area contributed by atoms with E-state index in [9.17, 15) is 0 Å². The van der Waals surface area contributed by atoms with Gasteiger partial charge in [-0.2, -0.15) is 0 Å². The van der Waals surface area contributed by atoms with Crippen molar-refractivity contribution in [3.05, 3.63) is 11.6 Å². The molecule has 0 N–H and O–H groups in total. The van der Waals surface area contributed by atoms with Crippen LogP contribution in [0, 0.1) is 46.3 Å². The van der Waals surface area contributed by atoms with E-state index in [0.717, 1.165) is 74.6 Å². The van der Waals surface area contributed by atoms with Crippen LogP contribution >= 0.6 is 0 Å². The van der Waals surface area contributed by atoms with Crippen molar-refractivity contribution in [2.45, 2.75) is 189 Å². The lowest BCUT2D eigenvalue weighted by atomic mass is 9.47. The number of fused-ring (bicyclic) bond motifs is 5. The number of ether oxygens (including phenoxy) is 3. The monoisotopic (exact) mass is 672 g/mol. The molecule has 10 atom stereocenters. The molecule has 4 aliphatic carbocycles. The third kappa shape index (κ3) is 10.3. The Morgan fingerprint density at radius 2 is 1.46 bits per heavy atom. The van der Waals surface area contributed by atoms with E-state index in [2.05, 4.69) is 73.5 Å². The van der Waals surface area contributed by atoms with Gasteiger partial charge in [0.15, 0.2) is 6.29 Å². The fourth-order valence-electron chi connectivity index (χ4n) is 11.1. The Kier molecular flexibility index (Phi) is 16.3. The molecule has 4 nitrogen and oxygen atoms in total. The minimum Gasteiger partial charge on any atom is -0.378 e. The summed E-state index contributed by atoms with van der Waals surface area (Å²) in [6.07, 6.45) is 28.2. The van der Waals surface area contributed by atoms with Crippen LogP contribution in [0.3, 0.4) is 0 Å². The molecule has 280 valence electrons. The van der Waals surface area contributed by atoms with Gasteiger partial charge in [-0.1, -0.05) is 105 Å². The molecule has 0 spiro atoms. The zero-order chi connectivity index (χ0) is 34.7. The van der Waals surface area contributed by atoms with Gasteiger partial charge < -0.3 is 19.1 Å². The Morgan fingerprint density at radius 3 is 2.15 bits per heavy atom. The lowest BCUT2D eigenvalue weighted by molar-refractivity contribution is -0.172. The number of nitrogens with zero attached hydrogens (tertiary/aromatic N) is 1. The first-order valence-corrected chi connectivity index (χ1v) is 21.2. The molecule has 4 rings (SSSR count). The zero-order valence-corrected chi connectivity index (χ0v) is 33.5. The van der Waals surface area contributed by atoms with E-state index in [1.807, 2.05) is 0 Å². The summed E-state index contributed by atoms with van der Waals surface area (Å²) >= 11 is 0. The lowest BCUT2D eigenvalue weighted by Gasteiger charge is -2.58. The molecule has 0 saturated heterocycles. The fraction of sp³-hybridized carbons (Fsp3) is 0.955. The average Bonchev–Trinajstić information content (AvgIpc) is 3.41. The van der Waals surface area contributed by atoms with E-state index in [1.165, 1.54) is 103 Å². The lowest BCUT2D eigenvalue weighted by Crippen LogP contribution is -2.51. The third-order valence-corrected chi connectivity index (χ3v) is 14.4. The molecule has 0 aromatic heterocycles. The molecule has 0 bridgehead atoms. The summed E-state index contributed by atoms with van der Waals surface area (Å²) in [6, 6.07) is 0.271. The van der Waals surface area contributed by atoms with E-state index < -0.39 is 0 Å². The highest BCUT2D eigenvalue weighted by molar-refractivity contribution is 5.25. The first kappa shape index (κ1) is 40.4. The second-order valence-electron chi connectivity index (χ2n) is 18.3. The molecular formula is C44H81NO3. The normalized spacial score (nSPS) is 33.6. The standard InChI is InChI=1S/C44H81NO3/c1-10-11-29-47-42(35(5)45(8)9)48-31-17-15-13-12-14-16-30-46-37-25-27-43(6)36(32-37)21-22-38-40-24-23-39(34(4)20-18-19-33(2)3)44(40,7)28-26-41(38)43/h21,33-35,37-42H,10-20,22-32H2,1-9H3/t34-,35+,37?,38+,39-,40+,41+,42?,43+,44-/m1/s1. The Labute approximate surface area is 299 Å². The minimum absolute atomic E-state index is 0.122. The van der Waals surface area contributed by atoms with E-state index in [1.54, 1.807) is 5.57 Å². The van der Waals surface area contributed by atoms with Crippen LogP contribution in [0.1, 0.15) is 170 Å². The van der Waals surface area contributed by atoms with Crippen molar-refractivity contribution >= 4 is 0 Å². The molecule has 2 unspecified atom stereocenters. The molecule has 3 saturated carbocycles. The second kappa shape index (κ2) is 19.4. The maximum Gasteiger partial charge on any atom is 0.172 e. The van der Waals surface area contributed by atoms with Crippen molar-refractivity contribution in [2.75, 3.05) is 33.9 Å². The molecule has 0 aliphatic heterocycles. The first-order chi connectivity index (χ1) is 23.0. The first-order valence-electron chi connectivity index (χ1n) is 21.2. The highest BCUT2D eigenvalue weighted by atomic mass is 16.7. The van der Waals surface area contributed by atoms with E-state index in [0.29, 0.717) is 16.9 Å². The van der Waals surface area contributed by atoms with Crippen LogP contribution in [0.2, 0.25) is 0 Å². The Morgan fingerprint density at radius 1 is 0.771 bits per heavy atom. The van der Waals surface area contributed by atoms with E-state index in [-0.39, 0.29) is 12.3 Å². The number of hydrogen-bond donors (Lipinski definition) is 0. The van der Waals surface area contributed by atoms with Gasteiger partial charge in [0.05, 0.1) is 12.1 Å². The SMILES string of the molecule is CCCCOC(OCCCCCCCCOC1CC[C@@]2(C)C(=CC[C@H]3[C@@H]4CC[C@H]([C@H](C)CCCC(C)C)[C@@]4(C)CC[C@@H]32)C1)[C@H](C)N(C)C. The summed E-state index contributed by atoms with van der Waals surface area (Å²) in [6.45, 7) is 19.7. The van der Waals surface area contributed by atoms with Gasteiger partial charge in [0.2, 0.25) is 0 Å². The van der Waals surface area contributed by atoms with Gasteiger partial charge in [-0.05, 0) is 138 Å². The summed E-state index contributed by atoms with van der Waals surface area (Å²) in [7, 11) is 4.21. The van der Waals surface area contributed by atoms with Crippen LogP contribution in [0.15, 0.2) is 11.6 Å². The Balaban J connectivity index is 1.12. The van der Waals surface area contributed by atoms with Gasteiger partial charge in [-0.3, -0.25) is 0 Å². The van der Waals surface area contributed by atoms with Gasteiger partial charge in [-0.25, -0.2) is 0 Å². The molecule has 3 fully saturated rings. The number of allylic oxidation sites excluding steroid dienone is 1. The van der Waals surface area contributed by atoms with Crippen molar-refractivity contribution < 1.29 is 14.2 Å². The number of rotatable bonds is 22. The molecule has 0 radical (unpaired) electrons. The van der Waals surface area contributed by atoms with Crippen LogP contribution in [-0.4, -0.2) is 57.3 Å². The molecule has 48 heavy (non-hydrogen) atoms. The smallest absolute Gasteiger partial charge is 0.172 e. The summed E-state index contributed by atoms with van der Waals surface area (Å²) in [5, 5.41) is 0. The van der Waals surface area contributed by atoms with Crippen LogP contribution in [0.5, 0.6) is 0 Å². The van der Waals surface area contributed by atoms with Crippen molar-refractivity contribution in [3.63, 3.8) is 0 Å². The van der Waals surface area contributed by atoms with Gasteiger partial charge in [0, 0.05) is 19.8 Å². The molecule has 0 heterocycles. The Hall–Kier alpha value is -0.420. The summed E-state index contributed by atoms with van der Waals surface area (Å²) in [5.41, 5.74) is 2.80. The van der Waals surface area contributed by atoms with Crippen LogP contribution in [0.4, 0.5) is 0 Å². The van der Waals surface area contributed by atoms with Gasteiger partial charge in [-0.15, -0.1) is 0 Å². The predicted molar refractivity (Wildman–Crippen MR) is 204 cm³/mol. The summed E-state index contributed by atoms with van der Waals surface area (Å²) in [5.74, 6) is 5.50. The van der Waals surface area contributed by atoms with Gasteiger partial charge >= 0.3 is 0 Å². The topological polar surface area (TPSA) is 30.9 Å². The molecule has 0 aromatic rings. The zero-order valence-electron chi connectivity index (χ0n) is 33.5. The van der Waals surface area contributed by atoms with Gasteiger partial charge in [0.1, 0.15) is 0 Å². The summed E-state index contributed by atoms with van der Waals surface area (Å²) < 4.78 is 18.8. The highest BCUT2D eigenvalue weighted by Gasteiger charge is 2.59. The quantitative estimate of drug-likeness (QED) is 0.0651. The van der Waals surface area contributed by atoms with E-state index >= 15 is 0 Å². The van der Waals surface area contributed by atoms with Crippen LogP contribution in [0.25, 0.3) is 0 Å². The van der Waals surface area contributed by atoms with Crippen LogP contribution in [-0.2, 0) is 14.2 Å². The minimum atomic E-state index is -0.122. The predicted octanol–water partition coefficient (Wildman–Crippen LogP) is 11.9. The van der Waals surface area contributed by atoms with E-state index in [4.69, 9.17) is 14.2 Å². The average molecular weight is 672 g/mol. The van der Waals surface area contributed by atoms with Crippen LogP contribution < -0.4 is 0 Å². The highest BCUT2D eigenvalue weighted by Crippen LogP contribution is 2.67. The molecule has 4 heteroatoms. The van der Waals surface area contributed by atoms with Crippen molar-refractivity contribution in [3.8, 4) is 0 Å². The maximum atomic E-state index is 6.56. The van der Waals surface area contributed by atoms with Crippen molar-refractivity contribution in [1.82, 2.24) is 4.90 Å². The molecule has 4 aliphatic rings. The molecule has 0 amide bonds.